The number of fused-ring (bicyclic) bond motifs is 5. The summed E-state index contributed by atoms with van der Waals surface area (Å²) in [4.78, 5) is 57.8. The lowest BCUT2D eigenvalue weighted by Gasteiger charge is -2.28. The molecule has 340 valence electrons. The van der Waals surface area contributed by atoms with Crippen molar-refractivity contribution in [2.45, 2.75) is 102 Å². The van der Waals surface area contributed by atoms with Crippen LogP contribution in [0.3, 0.4) is 0 Å². The van der Waals surface area contributed by atoms with Gasteiger partial charge in [-0.15, -0.1) is 0 Å². The lowest BCUT2D eigenvalue weighted by molar-refractivity contribution is -0.152. The fourth-order valence-electron chi connectivity index (χ4n) is 6.60. The summed E-state index contributed by atoms with van der Waals surface area (Å²) in [6.07, 6.45) is -9.87. The average Bonchev–Trinajstić information content (AvgIpc) is 3.94. The number of nitrogens with zero attached hydrogens (tertiary/aromatic N) is 6. The van der Waals surface area contributed by atoms with Crippen LogP contribution in [0.2, 0.25) is 0 Å². The van der Waals surface area contributed by atoms with Gasteiger partial charge in [0.05, 0.1) is 24.4 Å². The summed E-state index contributed by atoms with van der Waals surface area (Å²) < 4.78 is 106. The van der Waals surface area contributed by atoms with Crippen molar-refractivity contribution in [2.75, 3.05) is 43.3 Å². The number of alkyl halides is 1. The summed E-state index contributed by atoms with van der Waals surface area (Å²) in [5, 5.41) is 0. The summed E-state index contributed by atoms with van der Waals surface area (Å²) in [7, 11) is 1.29. The number of rotatable bonds is 9. The number of aromatic amines is 1. The highest BCUT2D eigenvalue weighted by Crippen LogP contribution is 2.66. The Kier molecular flexibility index (Phi) is 13.5. The number of carbonyl (C=O) groups is 2. The number of hydrogen-bond acceptors (Lipinski definition) is 24. The molecule has 3 saturated heterocycles. The monoisotopic (exact) mass is 967 g/mol. The zero-order valence-corrected chi connectivity index (χ0v) is 38.4. The van der Waals surface area contributed by atoms with E-state index in [0.29, 0.717) is 22.8 Å². The molecule has 0 unspecified atom stereocenters. The van der Waals surface area contributed by atoms with Crippen molar-refractivity contribution in [3.8, 4) is 0 Å². The number of halogens is 1. The number of nitrogen functional groups attached to an aromatic ring is 2. The second-order valence-corrected chi connectivity index (χ2v) is 24.8. The van der Waals surface area contributed by atoms with E-state index in [2.05, 4.69) is 29.3 Å². The molecule has 7 heterocycles. The van der Waals surface area contributed by atoms with E-state index in [1.54, 1.807) is 41.5 Å². The molecular formula is C33H44FN9O14P2S3. The van der Waals surface area contributed by atoms with Gasteiger partial charge in [0.1, 0.15) is 76.7 Å². The average molecular weight is 968 g/mol. The molecule has 29 heteroatoms. The van der Waals surface area contributed by atoms with Crippen LogP contribution >= 0.6 is 47.9 Å². The van der Waals surface area contributed by atoms with E-state index in [1.165, 1.54) is 18.0 Å². The number of imidazole rings is 1. The van der Waals surface area contributed by atoms with Crippen LogP contribution in [-0.4, -0.2) is 126 Å². The van der Waals surface area contributed by atoms with Crippen LogP contribution in [0.1, 0.15) is 58.8 Å². The highest BCUT2D eigenvalue weighted by Gasteiger charge is 2.56. The quantitative estimate of drug-likeness (QED) is 0.156. The molecule has 3 fully saturated rings. The lowest BCUT2D eigenvalue weighted by Crippen LogP contribution is -2.36. The van der Waals surface area contributed by atoms with E-state index in [-0.39, 0.29) is 38.8 Å². The van der Waals surface area contributed by atoms with Gasteiger partial charge in [0, 0.05) is 7.11 Å². The summed E-state index contributed by atoms with van der Waals surface area (Å²) in [6, 6.07) is 0. The molecule has 3 aliphatic heterocycles. The van der Waals surface area contributed by atoms with Gasteiger partial charge in [-0.3, -0.25) is 42.0 Å². The molecule has 0 saturated carbocycles. The van der Waals surface area contributed by atoms with Gasteiger partial charge in [0.15, 0.2) is 29.4 Å². The van der Waals surface area contributed by atoms with Crippen molar-refractivity contribution < 1.29 is 64.9 Å². The van der Waals surface area contributed by atoms with E-state index in [9.17, 15) is 18.9 Å². The Bertz CT molecular complexity index is 2480. The Labute approximate surface area is 364 Å². The minimum Gasteiger partial charge on any atom is -0.459 e. The second-order valence-electron chi connectivity index (χ2n) is 15.9. The van der Waals surface area contributed by atoms with Crippen LogP contribution in [0.15, 0.2) is 17.4 Å². The van der Waals surface area contributed by atoms with Gasteiger partial charge in [-0.2, -0.15) is 4.37 Å². The number of nitrogens with one attached hydrogen (secondary N) is 1. The largest absolute Gasteiger partial charge is 0.459 e. The van der Waals surface area contributed by atoms with Gasteiger partial charge in [-0.05, 0) is 75.8 Å². The van der Waals surface area contributed by atoms with Crippen molar-refractivity contribution in [1.29, 1.82) is 0 Å². The molecule has 4 aromatic heterocycles. The Morgan fingerprint density at radius 2 is 1.53 bits per heavy atom. The first-order valence-corrected chi connectivity index (χ1v) is 25.7. The smallest absolute Gasteiger partial charge is 0.390 e. The van der Waals surface area contributed by atoms with E-state index in [0.717, 1.165) is 17.9 Å². The molecule has 3 aliphatic rings. The molecule has 0 aromatic carbocycles. The minimum atomic E-state index is -4.67. The number of ether oxygens (including phenoxy) is 5. The third-order valence-electron chi connectivity index (χ3n) is 8.97. The first-order valence-electron chi connectivity index (χ1n) is 18.7. The number of anilines is 2. The molecule has 0 radical (unpaired) electrons. The van der Waals surface area contributed by atoms with Crippen LogP contribution in [-0.2, 0) is 60.5 Å². The van der Waals surface area contributed by atoms with E-state index < -0.39 is 116 Å². The second kappa shape index (κ2) is 17.9. The van der Waals surface area contributed by atoms with Crippen molar-refractivity contribution >= 4 is 93.8 Å². The molecule has 10 atom stereocenters. The van der Waals surface area contributed by atoms with Gasteiger partial charge >= 0.3 is 25.5 Å². The van der Waals surface area contributed by atoms with E-state index >= 15 is 8.96 Å². The molecule has 0 spiro atoms. The number of methoxy groups -OCH3 is 1. The molecule has 4 aromatic rings. The maximum Gasteiger partial charge on any atom is 0.390 e. The maximum absolute atomic E-state index is 17.0. The molecule has 7 rings (SSSR count). The molecule has 62 heavy (non-hydrogen) atoms. The Hall–Kier alpha value is -3.33. The number of aromatic nitrogens is 7. The number of carbonyl (C=O) groups excluding carboxylic acids is 2. The van der Waals surface area contributed by atoms with Crippen LogP contribution in [0.5, 0.6) is 0 Å². The van der Waals surface area contributed by atoms with Crippen molar-refractivity contribution in [3.05, 3.63) is 27.9 Å². The standard InChI is InChI=1S/C33H44FN9O14P2S3/c1-32(2,3)54-16(44)10-60-58(47)51-9-15-23(49-7)24(25(52-15)26-19-20(42-62-26)29(46)41-31(36)40-19)57-59(48,61-11-17(45)55-33(4,5)6)50-8-14-22(56-58)18(34)30(53-14)43-13-39-21-27(35)37-12-38-28(21)43/h12-15,18,22-25,30H,8-11H2,1-7H3,(H2,35,37,38)(H3,36,40,41,46)/t14-,15-,18-,22-,23-,24-,25-,30-,58+,59+/m1/s1. The predicted octanol–water partition coefficient (Wildman–Crippen LogP) is 4.26. The number of esters is 2. The first kappa shape index (κ1) is 46.7. The normalized spacial score (nSPS) is 31.0. The van der Waals surface area contributed by atoms with Gasteiger partial charge in [0.2, 0.25) is 5.95 Å². The Morgan fingerprint density at radius 1 is 0.919 bits per heavy atom. The van der Waals surface area contributed by atoms with Gasteiger partial charge < -0.3 is 35.2 Å². The van der Waals surface area contributed by atoms with Crippen LogP contribution in [0, 0.1) is 0 Å². The summed E-state index contributed by atoms with van der Waals surface area (Å²) in [5.74, 6) is -2.90. The first-order chi connectivity index (χ1) is 29.1. The predicted molar refractivity (Wildman–Crippen MR) is 223 cm³/mol. The van der Waals surface area contributed by atoms with Gasteiger partial charge in [-0.1, -0.05) is 0 Å². The molecule has 5 N–H and O–H groups in total. The molecular weight excluding hydrogens is 924 g/mol. The van der Waals surface area contributed by atoms with Crippen molar-refractivity contribution in [1.82, 2.24) is 33.9 Å². The molecule has 23 nitrogen and oxygen atoms in total. The number of hydrogen-bond donors (Lipinski definition) is 3. The van der Waals surface area contributed by atoms with Crippen molar-refractivity contribution in [2.24, 2.45) is 0 Å². The summed E-state index contributed by atoms with van der Waals surface area (Å²) in [6.45, 7) is -0.824. The maximum atomic E-state index is 17.0. The third-order valence-corrected chi connectivity index (χ3v) is 17.0. The van der Waals surface area contributed by atoms with Gasteiger partial charge in [0.25, 0.3) is 5.56 Å². The molecule has 0 amide bonds. The Morgan fingerprint density at radius 3 is 2.15 bits per heavy atom. The SMILES string of the molecule is CO[C@H]1[C@H]2O[P@@](=O)(SCC(=O)OC(C)(C)C)OC[C@H]3O[C@@H](n4cnc5c(N)ncnc54)[C@H](F)[C@@H]3O[P@@](=O)(SCC(=O)OC(C)(C)C)OC[C@H]1O[C@H]2c1snc2c(=O)[nH]c(N)nc12. The van der Waals surface area contributed by atoms with E-state index in [1.807, 2.05) is 0 Å². The zero-order chi connectivity index (χ0) is 44.9. The molecule has 2 bridgehead atoms. The Balaban J connectivity index is 1.30. The summed E-state index contributed by atoms with van der Waals surface area (Å²) in [5.41, 5.74) is 9.58. The number of H-pyrrole nitrogens is 1. The number of nitrogens with two attached hydrogens (primary N) is 2. The van der Waals surface area contributed by atoms with Crippen LogP contribution in [0.25, 0.3) is 22.2 Å². The van der Waals surface area contributed by atoms with Gasteiger partial charge in [-0.25, -0.2) is 33.5 Å². The van der Waals surface area contributed by atoms with E-state index in [4.69, 9.17) is 53.2 Å². The zero-order valence-electron chi connectivity index (χ0n) is 34.2. The molecule has 0 aliphatic carbocycles. The topological polar surface area (TPSA) is 306 Å². The fourth-order valence-corrected chi connectivity index (χ4v) is 13.6. The fraction of sp³-hybridized carbons (Fsp3) is 0.636. The summed E-state index contributed by atoms with van der Waals surface area (Å²) >= 11 is 1.69. The highest BCUT2D eigenvalue weighted by atomic mass is 32.7. The lowest BCUT2D eigenvalue weighted by atomic mass is 10.1. The van der Waals surface area contributed by atoms with Crippen LogP contribution < -0.4 is 17.0 Å². The highest BCUT2D eigenvalue weighted by molar-refractivity contribution is 8.55. The van der Waals surface area contributed by atoms with Crippen molar-refractivity contribution in [3.63, 3.8) is 0 Å². The minimum absolute atomic E-state index is 0.00253. The van der Waals surface area contributed by atoms with Crippen LogP contribution in [0.4, 0.5) is 16.2 Å². The third kappa shape index (κ3) is 10.3.